The molecule has 0 aliphatic carbocycles. The van der Waals surface area contributed by atoms with Gasteiger partial charge in [0, 0.05) is 50.3 Å². The number of fused-ring (bicyclic) bond motifs is 1. The molecule has 1 atom stereocenters. The number of β-amino-alcohol motifs (C(OH)–C–C–N with tert-alkyl or cyclic N) is 1. The molecule has 3 rings (SSSR count). The maximum absolute atomic E-state index is 12.7. The number of hydrogen-bond donors (Lipinski definition) is 2. The summed E-state index contributed by atoms with van der Waals surface area (Å²) in [6, 6.07) is 7.99. The molecule has 0 spiro atoms. The van der Waals surface area contributed by atoms with Gasteiger partial charge in [0.05, 0.1) is 19.1 Å². The lowest BCUT2D eigenvalue weighted by atomic mass is 10.1. The van der Waals surface area contributed by atoms with Crippen molar-refractivity contribution in [1.82, 2.24) is 14.4 Å². The lowest BCUT2D eigenvalue weighted by molar-refractivity contribution is -0.131. The van der Waals surface area contributed by atoms with Crippen LogP contribution in [-0.2, 0) is 23.1 Å². The average Bonchev–Trinajstić information content (AvgIpc) is 2.74. The minimum absolute atomic E-state index is 0.0173. The Hall–Kier alpha value is -2.38. The second-order valence-corrected chi connectivity index (χ2v) is 6.65. The minimum Gasteiger partial charge on any atom is -0.390 e. The zero-order valence-electron chi connectivity index (χ0n) is 14.4. The third-order valence-electron chi connectivity index (χ3n) is 4.64. The normalized spacial score (nSPS) is 19.1. The van der Waals surface area contributed by atoms with Gasteiger partial charge >= 0.3 is 0 Å². The van der Waals surface area contributed by atoms with E-state index in [0.717, 1.165) is 16.5 Å². The molecular weight excluding hydrogens is 320 g/mol. The fourth-order valence-electron chi connectivity index (χ4n) is 3.49. The van der Waals surface area contributed by atoms with E-state index in [1.54, 1.807) is 9.80 Å². The summed E-state index contributed by atoms with van der Waals surface area (Å²) in [7, 11) is 1.97. The first-order chi connectivity index (χ1) is 11.9. The first-order valence-electron chi connectivity index (χ1n) is 8.43. The van der Waals surface area contributed by atoms with Gasteiger partial charge in [-0.15, -0.1) is 0 Å². The highest BCUT2D eigenvalue weighted by Crippen LogP contribution is 2.21. The Bertz CT molecular complexity index is 786. The van der Waals surface area contributed by atoms with Gasteiger partial charge in [0.15, 0.2) is 0 Å². The van der Waals surface area contributed by atoms with E-state index in [1.165, 1.54) is 0 Å². The molecule has 1 saturated heterocycles. The first-order valence-corrected chi connectivity index (χ1v) is 8.43. The summed E-state index contributed by atoms with van der Waals surface area (Å²) >= 11 is 0. The summed E-state index contributed by atoms with van der Waals surface area (Å²) in [5.41, 5.74) is 7.30. The Balaban J connectivity index is 1.71. The molecule has 0 saturated carbocycles. The average molecular weight is 344 g/mol. The molecule has 0 radical (unpaired) electrons. The van der Waals surface area contributed by atoms with Gasteiger partial charge in [0.1, 0.15) is 0 Å². The number of nitrogens with zero attached hydrogens (tertiary/aromatic N) is 3. The molecule has 25 heavy (non-hydrogen) atoms. The summed E-state index contributed by atoms with van der Waals surface area (Å²) in [6.07, 6.45) is 1.60. The van der Waals surface area contributed by atoms with Crippen LogP contribution in [0.4, 0.5) is 0 Å². The highest BCUT2D eigenvalue weighted by Gasteiger charge is 2.25. The van der Waals surface area contributed by atoms with E-state index in [9.17, 15) is 14.7 Å². The van der Waals surface area contributed by atoms with Crippen molar-refractivity contribution in [2.45, 2.75) is 12.5 Å². The lowest BCUT2D eigenvalue weighted by Gasteiger charge is -2.21. The lowest BCUT2D eigenvalue weighted by Crippen LogP contribution is -2.38. The van der Waals surface area contributed by atoms with Crippen LogP contribution in [0.15, 0.2) is 30.5 Å². The molecule has 1 aromatic carbocycles. The zero-order chi connectivity index (χ0) is 18.0. The van der Waals surface area contributed by atoms with Crippen molar-refractivity contribution >= 4 is 22.7 Å². The number of nitrogens with two attached hydrogens (primary N) is 1. The van der Waals surface area contributed by atoms with Gasteiger partial charge in [0.2, 0.25) is 11.8 Å². The fourth-order valence-corrected chi connectivity index (χ4v) is 3.49. The van der Waals surface area contributed by atoms with Crippen molar-refractivity contribution in [2.24, 2.45) is 12.8 Å². The number of amides is 2. The second kappa shape index (κ2) is 7.25. The molecule has 1 aromatic heterocycles. The van der Waals surface area contributed by atoms with E-state index in [0.29, 0.717) is 26.1 Å². The summed E-state index contributed by atoms with van der Waals surface area (Å²) < 4.78 is 2.02. The molecule has 0 bridgehead atoms. The van der Waals surface area contributed by atoms with Crippen molar-refractivity contribution in [3.8, 4) is 0 Å². The highest BCUT2D eigenvalue weighted by molar-refractivity contribution is 5.89. The zero-order valence-corrected chi connectivity index (χ0v) is 14.4. The van der Waals surface area contributed by atoms with E-state index in [4.69, 9.17) is 5.73 Å². The Morgan fingerprint density at radius 2 is 2.00 bits per heavy atom. The van der Waals surface area contributed by atoms with Gasteiger partial charge in [-0.3, -0.25) is 14.5 Å². The topological polar surface area (TPSA) is 91.8 Å². The standard InChI is InChI=1S/C18H24N4O3/c1-20-9-13(15-4-2-3-5-16(15)20)8-18(25)22-7-6-21(12-17(19)24)10-14(23)11-22/h2-5,9,14,23H,6-8,10-12H2,1H3,(H2,19,24). The summed E-state index contributed by atoms with van der Waals surface area (Å²) in [6.45, 7) is 1.73. The van der Waals surface area contributed by atoms with Gasteiger partial charge in [-0.1, -0.05) is 18.2 Å². The Labute approximate surface area is 146 Å². The SMILES string of the molecule is Cn1cc(CC(=O)N2CCN(CC(N)=O)CC(O)C2)c2ccccc21. The third kappa shape index (κ3) is 4.00. The predicted molar refractivity (Wildman–Crippen MR) is 94.8 cm³/mol. The molecule has 1 unspecified atom stereocenters. The molecule has 1 aliphatic rings. The van der Waals surface area contributed by atoms with Crippen molar-refractivity contribution in [3.63, 3.8) is 0 Å². The van der Waals surface area contributed by atoms with Crippen LogP contribution in [0, 0.1) is 0 Å². The third-order valence-corrected chi connectivity index (χ3v) is 4.64. The van der Waals surface area contributed by atoms with Crippen molar-refractivity contribution in [2.75, 3.05) is 32.7 Å². The van der Waals surface area contributed by atoms with Gasteiger partial charge < -0.3 is 20.3 Å². The molecule has 2 heterocycles. The van der Waals surface area contributed by atoms with Gasteiger partial charge in [-0.2, -0.15) is 0 Å². The number of carbonyl (C=O) groups is 2. The van der Waals surface area contributed by atoms with E-state index in [2.05, 4.69) is 0 Å². The molecule has 1 fully saturated rings. The minimum atomic E-state index is -0.682. The highest BCUT2D eigenvalue weighted by atomic mass is 16.3. The van der Waals surface area contributed by atoms with E-state index in [-0.39, 0.29) is 19.0 Å². The number of aromatic nitrogens is 1. The van der Waals surface area contributed by atoms with E-state index >= 15 is 0 Å². The summed E-state index contributed by atoms with van der Waals surface area (Å²) in [5, 5.41) is 11.2. The van der Waals surface area contributed by atoms with Crippen molar-refractivity contribution < 1.29 is 14.7 Å². The molecule has 2 amide bonds. The van der Waals surface area contributed by atoms with Crippen LogP contribution in [0.1, 0.15) is 5.56 Å². The van der Waals surface area contributed by atoms with Crippen LogP contribution in [0.25, 0.3) is 10.9 Å². The number of aliphatic hydroxyl groups is 1. The largest absolute Gasteiger partial charge is 0.390 e. The molecule has 1 aliphatic heterocycles. The van der Waals surface area contributed by atoms with Crippen molar-refractivity contribution in [1.29, 1.82) is 0 Å². The smallest absolute Gasteiger partial charge is 0.231 e. The van der Waals surface area contributed by atoms with Gasteiger partial charge in [0.25, 0.3) is 0 Å². The van der Waals surface area contributed by atoms with E-state index in [1.807, 2.05) is 42.1 Å². The Morgan fingerprint density at radius 3 is 2.76 bits per heavy atom. The van der Waals surface area contributed by atoms with Crippen LogP contribution < -0.4 is 5.73 Å². The molecule has 134 valence electrons. The van der Waals surface area contributed by atoms with Crippen molar-refractivity contribution in [3.05, 3.63) is 36.0 Å². The predicted octanol–water partition coefficient (Wildman–Crippen LogP) is -0.289. The quantitative estimate of drug-likeness (QED) is 0.797. The number of hydrogen-bond acceptors (Lipinski definition) is 4. The number of aryl methyl sites for hydroxylation is 1. The molecule has 7 nitrogen and oxygen atoms in total. The van der Waals surface area contributed by atoms with E-state index < -0.39 is 12.0 Å². The number of carbonyl (C=O) groups excluding carboxylic acids is 2. The Kier molecular flexibility index (Phi) is 5.06. The summed E-state index contributed by atoms with van der Waals surface area (Å²) in [5.74, 6) is -0.445. The number of primary amides is 1. The number of aliphatic hydroxyl groups excluding tert-OH is 1. The van der Waals surface area contributed by atoms with Crippen LogP contribution in [0.5, 0.6) is 0 Å². The molecule has 7 heteroatoms. The fraction of sp³-hybridized carbons (Fsp3) is 0.444. The van der Waals surface area contributed by atoms with Crippen LogP contribution in [0.3, 0.4) is 0 Å². The van der Waals surface area contributed by atoms with Gasteiger partial charge in [-0.05, 0) is 11.6 Å². The Morgan fingerprint density at radius 1 is 1.24 bits per heavy atom. The first kappa shape index (κ1) is 17.4. The maximum atomic E-state index is 12.7. The molecule has 3 N–H and O–H groups in total. The number of rotatable bonds is 4. The molecule has 2 aromatic rings. The monoisotopic (exact) mass is 344 g/mol. The van der Waals surface area contributed by atoms with Gasteiger partial charge in [-0.25, -0.2) is 0 Å². The number of benzene rings is 1. The van der Waals surface area contributed by atoms with Crippen LogP contribution in [0.2, 0.25) is 0 Å². The number of para-hydroxylation sites is 1. The van der Waals surface area contributed by atoms with Crippen LogP contribution in [-0.4, -0.2) is 70.1 Å². The molecular formula is C18H24N4O3. The summed E-state index contributed by atoms with van der Waals surface area (Å²) in [4.78, 5) is 27.3. The second-order valence-electron chi connectivity index (χ2n) is 6.65. The van der Waals surface area contributed by atoms with Crippen LogP contribution >= 0.6 is 0 Å². The maximum Gasteiger partial charge on any atom is 0.231 e.